The largest absolute Gasteiger partial charge is 0.497 e. The summed E-state index contributed by atoms with van der Waals surface area (Å²) in [7, 11) is 4.95. The highest BCUT2D eigenvalue weighted by Crippen LogP contribution is 2.30. The van der Waals surface area contributed by atoms with Gasteiger partial charge in [-0.15, -0.1) is 24.0 Å². The van der Waals surface area contributed by atoms with Crippen LogP contribution in [0.15, 0.2) is 41.4 Å². The summed E-state index contributed by atoms with van der Waals surface area (Å²) in [6.45, 7) is 2.05. The number of anilines is 1. The Balaban J connectivity index is 0.00000341. The van der Waals surface area contributed by atoms with Crippen molar-refractivity contribution in [1.29, 1.82) is 0 Å². The molecule has 2 aromatic carbocycles. The predicted molar refractivity (Wildman–Crippen MR) is 130 cm³/mol. The van der Waals surface area contributed by atoms with Crippen molar-refractivity contribution < 1.29 is 18.3 Å². The third kappa shape index (κ3) is 6.59. The summed E-state index contributed by atoms with van der Waals surface area (Å²) >= 11 is 0. The zero-order valence-corrected chi connectivity index (χ0v) is 20.3. The fourth-order valence-corrected chi connectivity index (χ4v) is 3.55. The Bertz CT molecular complexity index is 855. The molecule has 3 rings (SSSR count). The minimum atomic E-state index is -0.528. The maximum Gasteiger partial charge on any atom is 0.191 e. The fraction of sp³-hybridized carbons (Fsp3) is 0.409. The number of hydrogen-bond donors (Lipinski definition) is 2. The summed E-state index contributed by atoms with van der Waals surface area (Å²) in [5.74, 6) is 1.05. The van der Waals surface area contributed by atoms with Crippen molar-refractivity contribution in [2.45, 2.75) is 18.9 Å². The van der Waals surface area contributed by atoms with Crippen molar-refractivity contribution in [2.75, 3.05) is 45.8 Å². The van der Waals surface area contributed by atoms with Crippen molar-refractivity contribution in [3.63, 3.8) is 0 Å². The van der Waals surface area contributed by atoms with Gasteiger partial charge in [0.1, 0.15) is 23.1 Å². The van der Waals surface area contributed by atoms with Crippen molar-refractivity contribution in [3.05, 3.63) is 53.6 Å². The van der Waals surface area contributed by atoms with E-state index in [0.29, 0.717) is 12.5 Å². The normalized spacial score (nSPS) is 16.0. The van der Waals surface area contributed by atoms with Crippen molar-refractivity contribution >= 4 is 35.6 Å². The summed E-state index contributed by atoms with van der Waals surface area (Å²) in [6, 6.07) is 9.92. The Morgan fingerprint density at radius 3 is 2.35 bits per heavy atom. The summed E-state index contributed by atoms with van der Waals surface area (Å²) < 4.78 is 38.2. The molecule has 1 heterocycles. The van der Waals surface area contributed by atoms with Crippen molar-refractivity contribution in [3.8, 4) is 11.5 Å². The summed E-state index contributed by atoms with van der Waals surface area (Å²) in [5, 5.41) is 6.52. The van der Waals surface area contributed by atoms with Gasteiger partial charge in [0, 0.05) is 62.2 Å². The smallest absolute Gasteiger partial charge is 0.191 e. The minimum absolute atomic E-state index is 0. The SMILES string of the molecule is CN=C(NCCc1c(F)cccc1F)NC1CCN(c2cc(OC)cc(OC)c2)C1.I. The Kier molecular flexibility index (Phi) is 9.60. The summed E-state index contributed by atoms with van der Waals surface area (Å²) in [5.41, 5.74) is 1.12. The maximum atomic E-state index is 13.8. The summed E-state index contributed by atoms with van der Waals surface area (Å²) in [6.07, 6.45) is 1.17. The van der Waals surface area contributed by atoms with Gasteiger partial charge in [-0.2, -0.15) is 0 Å². The molecule has 0 aromatic heterocycles. The lowest BCUT2D eigenvalue weighted by Gasteiger charge is -2.21. The van der Waals surface area contributed by atoms with E-state index >= 15 is 0 Å². The Hall–Kier alpha value is -2.30. The lowest BCUT2D eigenvalue weighted by atomic mass is 10.1. The molecule has 1 fully saturated rings. The van der Waals surface area contributed by atoms with Crippen LogP contribution in [0.2, 0.25) is 0 Å². The number of guanidine groups is 1. The lowest BCUT2D eigenvalue weighted by Crippen LogP contribution is -2.45. The first-order valence-electron chi connectivity index (χ1n) is 9.92. The highest BCUT2D eigenvalue weighted by molar-refractivity contribution is 14.0. The molecule has 170 valence electrons. The number of hydrogen-bond acceptors (Lipinski definition) is 4. The van der Waals surface area contributed by atoms with Crippen LogP contribution in [0.5, 0.6) is 11.5 Å². The van der Waals surface area contributed by atoms with Gasteiger partial charge in [-0.05, 0) is 25.0 Å². The molecule has 0 bridgehead atoms. The number of benzene rings is 2. The van der Waals surface area contributed by atoms with E-state index in [2.05, 4.69) is 20.5 Å². The van der Waals surface area contributed by atoms with Crippen LogP contribution in [-0.2, 0) is 6.42 Å². The standard InChI is InChI=1S/C22H28F2N4O2.HI/c1-25-22(26-9-7-19-20(23)5-4-6-21(19)24)27-15-8-10-28(14-15)16-11-17(29-2)13-18(12-16)30-3;/h4-6,11-13,15H,7-10,14H2,1-3H3,(H2,25,26,27);1H. The van der Waals surface area contributed by atoms with E-state index < -0.39 is 11.6 Å². The predicted octanol–water partition coefficient (Wildman–Crippen LogP) is 3.59. The molecular formula is C22H29F2IN4O2. The third-order valence-corrected chi connectivity index (χ3v) is 5.18. The average molecular weight is 546 g/mol. The van der Waals surface area contributed by atoms with Gasteiger partial charge < -0.3 is 25.0 Å². The molecule has 1 aliphatic heterocycles. The molecule has 0 amide bonds. The number of aliphatic imine (C=N–C) groups is 1. The van der Waals surface area contributed by atoms with Crippen LogP contribution in [0.25, 0.3) is 0 Å². The molecular weight excluding hydrogens is 517 g/mol. The second-order valence-electron chi connectivity index (χ2n) is 7.10. The van der Waals surface area contributed by atoms with E-state index in [4.69, 9.17) is 9.47 Å². The molecule has 9 heteroatoms. The summed E-state index contributed by atoms with van der Waals surface area (Å²) in [4.78, 5) is 6.48. The number of halogens is 3. The molecule has 1 saturated heterocycles. The molecule has 1 atom stereocenters. The Morgan fingerprint density at radius 2 is 1.77 bits per heavy atom. The quantitative estimate of drug-likeness (QED) is 0.316. The molecule has 6 nitrogen and oxygen atoms in total. The topological polar surface area (TPSA) is 58.1 Å². The van der Waals surface area contributed by atoms with E-state index in [0.717, 1.165) is 36.7 Å². The van der Waals surface area contributed by atoms with Crippen LogP contribution in [0.1, 0.15) is 12.0 Å². The van der Waals surface area contributed by atoms with Crippen LogP contribution in [0.3, 0.4) is 0 Å². The van der Waals surface area contributed by atoms with Gasteiger partial charge in [0.05, 0.1) is 14.2 Å². The van der Waals surface area contributed by atoms with Gasteiger partial charge in [0.25, 0.3) is 0 Å². The Labute approximate surface area is 199 Å². The molecule has 2 aromatic rings. The molecule has 2 N–H and O–H groups in total. The zero-order chi connectivity index (χ0) is 21.5. The molecule has 0 radical (unpaired) electrons. The average Bonchev–Trinajstić information content (AvgIpc) is 3.23. The lowest BCUT2D eigenvalue weighted by molar-refractivity contribution is 0.394. The van der Waals surface area contributed by atoms with E-state index in [9.17, 15) is 8.78 Å². The number of nitrogens with one attached hydrogen (secondary N) is 2. The highest BCUT2D eigenvalue weighted by Gasteiger charge is 2.24. The van der Waals surface area contributed by atoms with Crippen molar-refractivity contribution in [2.24, 2.45) is 4.99 Å². The van der Waals surface area contributed by atoms with Crippen LogP contribution in [0.4, 0.5) is 14.5 Å². The minimum Gasteiger partial charge on any atom is -0.497 e. The second kappa shape index (κ2) is 11.9. The van der Waals surface area contributed by atoms with Gasteiger partial charge in [-0.3, -0.25) is 4.99 Å². The van der Waals surface area contributed by atoms with Gasteiger partial charge >= 0.3 is 0 Å². The van der Waals surface area contributed by atoms with Gasteiger partial charge in [0.15, 0.2) is 5.96 Å². The van der Waals surface area contributed by atoms with E-state index in [1.807, 2.05) is 18.2 Å². The maximum absolute atomic E-state index is 13.8. The first kappa shape index (κ1) is 25.0. The van der Waals surface area contributed by atoms with Gasteiger partial charge in [0.2, 0.25) is 0 Å². The van der Waals surface area contributed by atoms with Crippen molar-refractivity contribution in [1.82, 2.24) is 10.6 Å². The first-order chi connectivity index (χ1) is 14.5. The van der Waals surface area contributed by atoms with E-state index in [1.165, 1.54) is 18.2 Å². The second-order valence-corrected chi connectivity index (χ2v) is 7.10. The molecule has 0 spiro atoms. The van der Waals surface area contributed by atoms with Crippen LogP contribution < -0.4 is 25.0 Å². The zero-order valence-electron chi connectivity index (χ0n) is 18.0. The van der Waals surface area contributed by atoms with Crippen LogP contribution in [-0.4, -0.2) is 52.9 Å². The molecule has 31 heavy (non-hydrogen) atoms. The monoisotopic (exact) mass is 546 g/mol. The molecule has 1 unspecified atom stereocenters. The Morgan fingerprint density at radius 1 is 1.13 bits per heavy atom. The first-order valence-corrected chi connectivity index (χ1v) is 9.92. The van der Waals surface area contributed by atoms with Crippen LogP contribution >= 0.6 is 24.0 Å². The van der Waals surface area contributed by atoms with Gasteiger partial charge in [-0.25, -0.2) is 8.78 Å². The van der Waals surface area contributed by atoms with Gasteiger partial charge in [-0.1, -0.05) is 6.07 Å². The molecule has 0 aliphatic carbocycles. The van der Waals surface area contributed by atoms with E-state index in [1.54, 1.807) is 21.3 Å². The number of ether oxygens (including phenoxy) is 2. The molecule has 1 aliphatic rings. The third-order valence-electron chi connectivity index (χ3n) is 5.18. The number of methoxy groups -OCH3 is 2. The number of nitrogens with zero attached hydrogens (tertiary/aromatic N) is 2. The molecule has 0 saturated carbocycles. The van der Waals surface area contributed by atoms with E-state index in [-0.39, 0.29) is 42.0 Å². The number of rotatable bonds is 7. The van der Waals surface area contributed by atoms with Crippen LogP contribution in [0, 0.1) is 11.6 Å². The fourth-order valence-electron chi connectivity index (χ4n) is 3.55. The highest BCUT2D eigenvalue weighted by atomic mass is 127.